The average molecular weight is 474 g/mol. The molecule has 7 heteroatoms. The first-order chi connectivity index (χ1) is 17.0. The van der Waals surface area contributed by atoms with Gasteiger partial charge in [0.05, 0.1) is 12.1 Å². The number of likely N-dealkylation sites (N-methyl/N-ethyl adjacent to an activating group) is 1. The zero-order valence-electron chi connectivity index (χ0n) is 19.9. The largest absolute Gasteiger partial charge is 0.478 e. The Kier molecular flexibility index (Phi) is 8.13. The highest BCUT2D eigenvalue weighted by molar-refractivity contribution is 5.92. The van der Waals surface area contributed by atoms with Crippen molar-refractivity contribution in [2.75, 3.05) is 38.5 Å². The molecule has 0 radical (unpaired) electrons. The number of anilines is 1. The first-order valence-electron chi connectivity index (χ1n) is 11.8. The minimum Gasteiger partial charge on any atom is -0.478 e. The van der Waals surface area contributed by atoms with Gasteiger partial charge in [-0.3, -0.25) is 14.6 Å². The number of nitrogens with zero attached hydrogens (tertiary/aromatic N) is 2. The molecule has 0 atom stereocenters. The van der Waals surface area contributed by atoms with Crippen LogP contribution in [0.5, 0.6) is 11.5 Å². The number of ether oxygens (including phenoxy) is 1. The zero-order chi connectivity index (χ0) is 24.6. The van der Waals surface area contributed by atoms with Crippen molar-refractivity contribution in [2.45, 2.75) is 19.4 Å². The number of rotatable bonds is 10. The summed E-state index contributed by atoms with van der Waals surface area (Å²) in [5.74, 6) is 0.558. The second-order valence-electron chi connectivity index (χ2n) is 8.89. The fourth-order valence-corrected chi connectivity index (χ4v) is 4.26. The van der Waals surface area contributed by atoms with Crippen LogP contribution in [0, 0.1) is 0 Å². The smallest absolute Gasteiger partial charge is 0.335 e. The van der Waals surface area contributed by atoms with Crippen molar-refractivity contribution < 1.29 is 19.4 Å². The highest BCUT2D eigenvalue weighted by Gasteiger charge is 2.18. The summed E-state index contributed by atoms with van der Waals surface area (Å²) in [7, 11) is 1.95. The number of aromatic carboxylic acids is 1. The Hall–Kier alpha value is -3.68. The van der Waals surface area contributed by atoms with Crippen LogP contribution in [-0.2, 0) is 17.8 Å². The summed E-state index contributed by atoms with van der Waals surface area (Å²) in [6.45, 7) is 3.84. The minimum absolute atomic E-state index is 0.0506. The van der Waals surface area contributed by atoms with Gasteiger partial charge in [-0.25, -0.2) is 4.79 Å². The Balaban J connectivity index is 1.16. The third-order valence-electron chi connectivity index (χ3n) is 6.09. The normalized spacial score (nSPS) is 13.3. The maximum Gasteiger partial charge on any atom is 0.335 e. The Bertz CT molecular complexity index is 1150. The Labute approximate surface area is 205 Å². The molecule has 1 aliphatic heterocycles. The molecule has 0 spiro atoms. The van der Waals surface area contributed by atoms with Gasteiger partial charge in [0, 0.05) is 18.8 Å². The summed E-state index contributed by atoms with van der Waals surface area (Å²) in [6, 6.07) is 22.3. The van der Waals surface area contributed by atoms with Crippen molar-refractivity contribution in [1.82, 2.24) is 9.80 Å². The molecule has 4 rings (SSSR count). The van der Waals surface area contributed by atoms with Crippen LogP contribution in [0.2, 0.25) is 0 Å². The summed E-state index contributed by atoms with van der Waals surface area (Å²) < 4.78 is 5.78. The van der Waals surface area contributed by atoms with E-state index in [4.69, 9.17) is 9.84 Å². The van der Waals surface area contributed by atoms with Gasteiger partial charge in [0.1, 0.15) is 11.5 Å². The number of carboxylic acids is 1. The molecule has 2 N–H and O–H groups in total. The number of hydrogen-bond acceptors (Lipinski definition) is 5. The highest BCUT2D eigenvalue weighted by atomic mass is 16.5. The summed E-state index contributed by atoms with van der Waals surface area (Å²) >= 11 is 0. The molecule has 3 aromatic rings. The second-order valence-corrected chi connectivity index (χ2v) is 8.89. The minimum atomic E-state index is -0.878. The predicted molar refractivity (Wildman–Crippen MR) is 136 cm³/mol. The zero-order valence-corrected chi connectivity index (χ0v) is 19.9. The van der Waals surface area contributed by atoms with Gasteiger partial charge in [-0.1, -0.05) is 24.3 Å². The van der Waals surface area contributed by atoms with Crippen LogP contribution in [0.15, 0.2) is 72.8 Å². The molecule has 0 unspecified atom stereocenters. The van der Waals surface area contributed by atoms with E-state index in [1.54, 1.807) is 12.1 Å². The maximum absolute atomic E-state index is 12.4. The monoisotopic (exact) mass is 473 g/mol. The number of carbonyl (C=O) groups is 2. The molecule has 0 saturated carbocycles. The Morgan fingerprint density at radius 3 is 2.49 bits per heavy atom. The van der Waals surface area contributed by atoms with Crippen molar-refractivity contribution in [3.63, 3.8) is 0 Å². The first-order valence-corrected chi connectivity index (χ1v) is 11.8. The van der Waals surface area contributed by atoms with Crippen molar-refractivity contribution in [1.29, 1.82) is 0 Å². The van der Waals surface area contributed by atoms with E-state index in [1.807, 2.05) is 72.6 Å². The summed E-state index contributed by atoms with van der Waals surface area (Å²) in [4.78, 5) is 28.0. The van der Waals surface area contributed by atoms with Crippen LogP contribution in [0.4, 0.5) is 5.69 Å². The predicted octanol–water partition coefficient (Wildman–Crippen LogP) is 4.50. The lowest BCUT2D eigenvalue weighted by molar-refractivity contribution is -0.117. The summed E-state index contributed by atoms with van der Waals surface area (Å²) in [6.07, 6.45) is 1.82. The molecule has 182 valence electrons. The number of carboxylic acid groups (broad SMARTS) is 1. The van der Waals surface area contributed by atoms with E-state index in [2.05, 4.69) is 10.2 Å². The molecule has 7 nitrogen and oxygen atoms in total. The van der Waals surface area contributed by atoms with Crippen LogP contribution < -0.4 is 10.1 Å². The van der Waals surface area contributed by atoms with Crippen LogP contribution in [0.3, 0.4) is 0 Å². The van der Waals surface area contributed by atoms with E-state index >= 15 is 0 Å². The summed E-state index contributed by atoms with van der Waals surface area (Å²) in [5, 5.41) is 12.1. The number of carbonyl (C=O) groups excluding carboxylic acids is 1. The van der Waals surface area contributed by atoms with Crippen molar-refractivity contribution in [3.8, 4) is 11.5 Å². The maximum atomic E-state index is 12.4. The van der Waals surface area contributed by atoms with Crippen LogP contribution in [-0.4, -0.2) is 60.0 Å². The van der Waals surface area contributed by atoms with E-state index in [9.17, 15) is 9.59 Å². The van der Waals surface area contributed by atoms with E-state index < -0.39 is 5.97 Å². The fraction of sp³-hybridized carbons (Fsp3) is 0.286. The standard InChI is InChI=1S/C28H31N3O4/c1-30(15-5-16-31-17-14-21-18-22(28(33)34)8-9-23(21)19-31)20-27(32)29-24-10-12-26(13-11-24)35-25-6-3-2-4-7-25/h2-4,6-13,18H,5,14-17,19-20H2,1H3,(H,29,32)(H,33,34). The number of para-hydroxylation sites is 1. The molecular formula is C28H31N3O4. The fourth-order valence-electron chi connectivity index (χ4n) is 4.26. The van der Waals surface area contributed by atoms with Crippen molar-refractivity contribution in [3.05, 3.63) is 89.5 Å². The van der Waals surface area contributed by atoms with E-state index in [0.29, 0.717) is 17.9 Å². The van der Waals surface area contributed by atoms with Crippen LogP contribution in [0.25, 0.3) is 0 Å². The molecule has 0 aliphatic carbocycles. The molecule has 1 amide bonds. The number of fused-ring (bicyclic) bond motifs is 1. The second kappa shape index (κ2) is 11.6. The topological polar surface area (TPSA) is 82.1 Å². The van der Waals surface area contributed by atoms with E-state index in [-0.39, 0.29) is 5.91 Å². The quantitative estimate of drug-likeness (QED) is 0.451. The number of amides is 1. The molecular weight excluding hydrogens is 442 g/mol. The van der Waals surface area contributed by atoms with E-state index in [0.717, 1.165) is 56.0 Å². The molecule has 0 aromatic heterocycles. The lowest BCUT2D eigenvalue weighted by atomic mass is 9.97. The molecule has 35 heavy (non-hydrogen) atoms. The van der Waals surface area contributed by atoms with Gasteiger partial charge in [0.15, 0.2) is 0 Å². The molecule has 1 heterocycles. The Morgan fingerprint density at radius 2 is 1.74 bits per heavy atom. The Morgan fingerprint density at radius 1 is 1.00 bits per heavy atom. The molecule has 3 aromatic carbocycles. The van der Waals surface area contributed by atoms with Gasteiger partial charge in [0.2, 0.25) is 5.91 Å². The average Bonchev–Trinajstić information content (AvgIpc) is 2.85. The van der Waals surface area contributed by atoms with Crippen LogP contribution in [0.1, 0.15) is 27.9 Å². The lowest BCUT2D eigenvalue weighted by Crippen LogP contribution is -2.35. The lowest BCUT2D eigenvalue weighted by Gasteiger charge is -2.29. The molecule has 0 saturated heterocycles. The van der Waals surface area contributed by atoms with Gasteiger partial charge in [-0.05, 0) is 92.6 Å². The van der Waals surface area contributed by atoms with Crippen molar-refractivity contribution >= 4 is 17.6 Å². The molecule has 0 bridgehead atoms. The van der Waals surface area contributed by atoms with Crippen LogP contribution >= 0.6 is 0 Å². The van der Waals surface area contributed by atoms with Gasteiger partial charge < -0.3 is 15.2 Å². The third kappa shape index (κ3) is 7.15. The van der Waals surface area contributed by atoms with Gasteiger partial charge in [-0.2, -0.15) is 0 Å². The highest BCUT2D eigenvalue weighted by Crippen LogP contribution is 2.23. The number of benzene rings is 3. The number of hydrogen-bond donors (Lipinski definition) is 2. The van der Waals surface area contributed by atoms with Gasteiger partial charge in [0.25, 0.3) is 0 Å². The molecule has 0 fully saturated rings. The van der Waals surface area contributed by atoms with Gasteiger partial charge in [-0.15, -0.1) is 0 Å². The third-order valence-corrected chi connectivity index (χ3v) is 6.09. The van der Waals surface area contributed by atoms with Gasteiger partial charge >= 0.3 is 5.97 Å². The van der Waals surface area contributed by atoms with E-state index in [1.165, 1.54) is 5.56 Å². The molecule has 1 aliphatic rings. The SMILES string of the molecule is CN(CCCN1CCc2cc(C(=O)O)ccc2C1)CC(=O)Nc1ccc(Oc2ccccc2)cc1. The summed E-state index contributed by atoms with van der Waals surface area (Å²) in [5.41, 5.74) is 3.43. The number of nitrogens with one attached hydrogen (secondary N) is 1. The first kappa shape index (κ1) is 24.4. The van der Waals surface area contributed by atoms with Crippen molar-refractivity contribution in [2.24, 2.45) is 0 Å².